The van der Waals surface area contributed by atoms with Crippen LogP contribution < -0.4 is 16.4 Å². The first-order valence-electron chi connectivity index (χ1n) is 13.5. The first-order valence-corrected chi connectivity index (χ1v) is 13.5. The molecule has 5 rings (SSSR count). The Morgan fingerprint density at radius 2 is 1.93 bits per heavy atom. The van der Waals surface area contributed by atoms with E-state index in [1.165, 1.54) is 18.0 Å². The van der Waals surface area contributed by atoms with Crippen LogP contribution in [0.4, 0.5) is 0 Å². The molecule has 1 atom stereocenters. The number of benzene rings is 1. The first kappa shape index (κ1) is 27.7. The summed E-state index contributed by atoms with van der Waals surface area (Å²) in [5, 5.41) is 9.53. The second-order valence-electron chi connectivity index (χ2n) is 10.0. The number of H-pyrrole nitrogens is 1. The Hall–Kier alpha value is -4.87. The van der Waals surface area contributed by atoms with Crippen LogP contribution in [-0.4, -0.2) is 55.3 Å². The Labute approximate surface area is 235 Å². The lowest BCUT2D eigenvalue weighted by Crippen LogP contribution is -2.35. The van der Waals surface area contributed by atoms with Crippen LogP contribution in [0.3, 0.4) is 0 Å². The smallest absolute Gasteiger partial charge is 0.347 e. The van der Waals surface area contributed by atoms with Gasteiger partial charge in [0.05, 0.1) is 6.04 Å². The van der Waals surface area contributed by atoms with Crippen molar-refractivity contribution >= 4 is 17.7 Å². The van der Waals surface area contributed by atoms with Gasteiger partial charge in [-0.1, -0.05) is 35.5 Å². The number of nitrogens with one attached hydrogen (secondary N) is 3. The van der Waals surface area contributed by atoms with Crippen LogP contribution in [0.15, 0.2) is 63.2 Å². The van der Waals surface area contributed by atoms with E-state index in [9.17, 15) is 19.2 Å². The molecule has 0 bridgehead atoms. The van der Waals surface area contributed by atoms with Crippen molar-refractivity contribution in [3.05, 3.63) is 98.3 Å². The molecule has 1 saturated carbocycles. The van der Waals surface area contributed by atoms with Crippen molar-refractivity contribution in [2.45, 2.75) is 58.7 Å². The van der Waals surface area contributed by atoms with E-state index >= 15 is 0 Å². The van der Waals surface area contributed by atoms with Crippen molar-refractivity contribution in [2.24, 2.45) is 0 Å². The molecule has 12 nitrogen and oxygen atoms in total. The highest BCUT2D eigenvalue weighted by molar-refractivity contribution is 5.97. The van der Waals surface area contributed by atoms with Gasteiger partial charge in [0.2, 0.25) is 5.91 Å². The number of hydrogen-bond donors (Lipinski definition) is 3. The summed E-state index contributed by atoms with van der Waals surface area (Å²) in [5.41, 5.74) is 5.42. The van der Waals surface area contributed by atoms with Crippen molar-refractivity contribution in [2.75, 3.05) is 6.54 Å². The zero-order valence-electron chi connectivity index (χ0n) is 22.9. The Morgan fingerprint density at radius 3 is 2.66 bits per heavy atom. The lowest BCUT2D eigenvalue weighted by Gasteiger charge is -2.28. The summed E-state index contributed by atoms with van der Waals surface area (Å²) >= 11 is 0. The third-order valence-corrected chi connectivity index (χ3v) is 7.41. The zero-order valence-corrected chi connectivity index (χ0v) is 22.9. The van der Waals surface area contributed by atoms with Gasteiger partial charge >= 0.3 is 5.76 Å². The fourth-order valence-electron chi connectivity index (χ4n) is 5.25. The maximum atomic E-state index is 13.0. The summed E-state index contributed by atoms with van der Waals surface area (Å²) in [5.74, 6) is -0.942. The predicted octanol–water partition coefficient (Wildman–Crippen LogP) is 2.00. The monoisotopic (exact) mass is 557 g/mol. The molecule has 1 aromatic carbocycles. The van der Waals surface area contributed by atoms with E-state index in [1.807, 2.05) is 42.2 Å². The molecule has 3 N–H and O–H groups in total. The van der Waals surface area contributed by atoms with Crippen LogP contribution in [0.5, 0.6) is 0 Å². The maximum Gasteiger partial charge on any atom is 0.438 e. The Kier molecular flexibility index (Phi) is 8.18. The average molecular weight is 558 g/mol. The molecule has 0 saturated heterocycles. The van der Waals surface area contributed by atoms with Crippen LogP contribution in [0.25, 0.3) is 0 Å². The van der Waals surface area contributed by atoms with Gasteiger partial charge < -0.3 is 15.5 Å². The van der Waals surface area contributed by atoms with Crippen LogP contribution >= 0.6 is 0 Å². The van der Waals surface area contributed by atoms with Crippen LogP contribution in [0.1, 0.15) is 70.2 Å². The third kappa shape index (κ3) is 6.48. The highest BCUT2D eigenvalue weighted by atomic mass is 16.5. The molecule has 3 aromatic rings. The van der Waals surface area contributed by atoms with Gasteiger partial charge in [-0.25, -0.2) is 14.8 Å². The molecule has 0 unspecified atom stereocenters. The average Bonchev–Trinajstić information content (AvgIpc) is 3.58. The van der Waals surface area contributed by atoms with Gasteiger partial charge in [-0.2, -0.15) is 0 Å². The van der Waals surface area contributed by atoms with Gasteiger partial charge in [0.1, 0.15) is 17.7 Å². The van der Waals surface area contributed by atoms with Crippen LogP contribution in [0.2, 0.25) is 0 Å². The maximum absolute atomic E-state index is 13.0. The Balaban J connectivity index is 1.19. The lowest BCUT2D eigenvalue weighted by atomic mass is 9.97. The molecule has 41 heavy (non-hydrogen) atoms. The molecular weight excluding hydrogens is 526 g/mol. The molecule has 2 aliphatic rings. The normalized spacial score (nSPS) is 18.4. The number of rotatable bonds is 7. The quantitative estimate of drug-likeness (QED) is 0.397. The van der Waals surface area contributed by atoms with Gasteiger partial charge in [-0.3, -0.25) is 23.9 Å². The number of aromatic amines is 1. The number of nitrogens with zero attached hydrogens (tertiary/aromatic N) is 4. The molecule has 1 aliphatic heterocycles. The van der Waals surface area contributed by atoms with Gasteiger partial charge in [-0.15, -0.1) is 0 Å². The van der Waals surface area contributed by atoms with Crippen molar-refractivity contribution < 1.29 is 18.9 Å². The second-order valence-corrected chi connectivity index (χ2v) is 10.0. The molecule has 1 fully saturated rings. The highest BCUT2D eigenvalue weighted by Gasteiger charge is 2.27. The molecule has 3 amide bonds. The summed E-state index contributed by atoms with van der Waals surface area (Å²) in [6, 6.07) is 7.18. The van der Waals surface area contributed by atoms with Crippen LogP contribution in [0, 0.1) is 0 Å². The molecular formula is C29H31N7O5. The number of amides is 3. The lowest BCUT2D eigenvalue weighted by molar-refractivity contribution is -0.129. The minimum Gasteiger partial charge on any atom is -0.347 e. The number of carbonyl (C=O) groups excluding carboxylic acids is 3. The predicted molar refractivity (Wildman–Crippen MR) is 148 cm³/mol. The van der Waals surface area contributed by atoms with Crippen LogP contribution in [-0.2, 0) is 30.7 Å². The van der Waals surface area contributed by atoms with Gasteiger partial charge in [-0.05, 0) is 54.0 Å². The Morgan fingerprint density at radius 1 is 1.12 bits per heavy atom. The SMILES string of the molecule is C/C=C1\C(=C/Cc2noc(=O)[nH]2)CC[C@@H]1NC(=O)c1cc(C(=O)NCc2ccc3c(c2)CN(C(C)=O)CC3)ncn1. The van der Waals surface area contributed by atoms with E-state index < -0.39 is 17.6 Å². The number of carbonyl (C=O) groups is 3. The van der Waals surface area contributed by atoms with Gasteiger partial charge in [0, 0.05) is 39.0 Å². The minimum absolute atomic E-state index is 0.0475. The van der Waals surface area contributed by atoms with Gasteiger partial charge in [0.15, 0.2) is 5.82 Å². The summed E-state index contributed by atoms with van der Waals surface area (Å²) < 4.78 is 4.54. The molecule has 212 valence electrons. The van der Waals surface area contributed by atoms with Crippen molar-refractivity contribution in [1.29, 1.82) is 0 Å². The van der Waals surface area contributed by atoms with E-state index in [-0.39, 0.29) is 29.9 Å². The second kappa shape index (κ2) is 12.1. The van der Waals surface area contributed by atoms with E-state index in [2.05, 4.69) is 35.3 Å². The molecule has 0 radical (unpaired) electrons. The number of fused-ring (bicyclic) bond motifs is 1. The van der Waals surface area contributed by atoms with E-state index in [1.54, 1.807) is 6.92 Å². The third-order valence-electron chi connectivity index (χ3n) is 7.41. The van der Waals surface area contributed by atoms with Crippen molar-refractivity contribution in [3.63, 3.8) is 0 Å². The fourth-order valence-corrected chi connectivity index (χ4v) is 5.25. The van der Waals surface area contributed by atoms with Crippen molar-refractivity contribution in [3.8, 4) is 0 Å². The largest absolute Gasteiger partial charge is 0.438 e. The number of allylic oxidation sites excluding steroid dienone is 2. The number of hydrogen-bond acceptors (Lipinski definition) is 8. The standard InChI is InChI=1S/C29H31N7O5/c1-3-22-20(7-9-26-34-29(40)41-35-26)6-8-23(22)33-28(39)25-13-24(31-16-32-25)27(38)30-14-18-4-5-19-10-11-36(17(2)37)15-21(19)12-18/h3-5,7,12-13,16,23H,6,8-11,14-15H2,1-2H3,(H,30,38)(H,33,39)(H,34,35,40)/b20-7-,22-3+/t23-/m0/s1. The summed E-state index contributed by atoms with van der Waals surface area (Å²) in [7, 11) is 0. The van der Waals surface area contributed by atoms with E-state index in [4.69, 9.17) is 0 Å². The first-order chi connectivity index (χ1) is 19.8. The summed E-state index contributed by atoms with van der Waals surface area (Å²) in [6.07, 6.45) is 7.79. The highest BCUT2D eigenvalue weighted by Crippen LogP contribution is 2.31. The zero-order chi connectivity index (χ0) is 28.9. The molecule has 2 aromatic heterocycles. The molecule has 12 heteroatoms. The van der Waals surface area contributed by atoms with E-state index in [0.29, 0.717) is 31.8 Å². The van der Waals surface area contributed by atoms with Crippen molar-refractivity contribution in [1.82, 2.24) is 35.6 Å². The Bertz CT molecular complexity index is 1600. The molecule has 3 heterocycles. The number of aromatic nitrogens is 4. The van der Waals surface area contributed by atoms with E-state index in [0.717, 1.165) is 35.1 Å². The molecule has 0 spiro atoms. The summed E-state index contributed by atoms with van der Waals surface area (Å²) in [6.45, 7) is 5.03. The molecule has 1 aliphatic carbocycles. The minimum atomic E-state index is -0.597. The van der Waals surface area contributed by atoms with Gasteiger partial charge in [0.25, 0.3) is 11.8 Å². The summed E-state index contributed by atoms with van der Waals surface area (Å²) in [4.78, 5) is 61.3. The fraction of sp³-hybridized carbons (Fsp3) is 0.345. The topological polar surface area (TPSA) is 163 Å².